The Morgan fingerprint density at radius 2 is 2.11 bits per heavy atom. The molecule has 0 spiro atoms. The molecule has 0 amide bonds. The van der Waals surface area contributed by atoms with Crippen molar-refractivity contribution < 1.29 is 13.5 Å². The molecule has 3 heteroatoms. The van der Waals surface area contributed by atoms with E-state index in [2.05, 4.69) is 11.7 Å². The maximum absolute atomic E-state index is 12.2. The highest BCUT2D eigenvalue weighted by atomic mass is 19.2. The van der Waals surface area contributed by atoms with Crippen LogP contribution in [0.2, 0.25) is 0 Å². The summed E-state index contributed by atoms with van der Waals surface area (Å²) in [5, 5.41) is 0. The minimum atomic E-state index is -1.51. The van der Waals surface area contributed by atoms with Gasteiger partial charge in [-0.25, -0.2) is 8.78 Å². The van der Waals surface area contributed by atoms with Crippen molar-refractivity contribution in [2.45, 2.75) is 19.3 Å². The van der Waals surface area contributed by atoms with Crippen LogP contribution in [0.3, 0.4) is 0 Å². The minimum Gasteiger partial charge on any atom is -0.378 e. The molecule has 0 aliphatic carbocycles. The molecule has 1 radical (unpaired) electrons. The molecule has 0 saturated heterocycles. The Labute approximate surface area is 54.0 Å². The Balaban J connectivity index is 3.16. The Kier molecular flexibility index (Phi) is 4.58. The zero-order valence-electron chi connectivity index (χ0n) is 5.44. The molecule has 0 saturated carbocycles. The number of halogens is 2. The van der Waals surface area contributed by atoms with E-state index in [1.54, 1.807) is 0 Å². The summed E-state index contributed by atoms with van der Waals surface area (Å²) in [6.07, 6.45) is -2.96. The van der Waals surface area contributed by atoms with Gasteiger partial charge < -0.3 is 4.74 Å². The summed E-state index contributed by atoms with van der Waals surface area (Å²) in [4.78, 5) is 0. The molecular formula is C6H11F2O. The Morgan fingerprint density at radius 3 is 2.44 bits per heavy atom. The predicted molar refractivity (Wildman–Crippen MR) is 31.6 cm³/mol. The van der Waals surface area contributed by atoms with Gasteiger partial charge in [0, 0.05) is 6.61 Å². The van der Waals surface area contributed by atoms with Crippen LogP contribution < -0.4 is 0 Å². The largest absolute Gasteiger partial charge is 0.378 e. The number of rotatable bonds is 4. The van der Waals surface area contributed by atoms with Crippen molar-refractivity contribution >= 4 is 0 Å². The first-order chi connectivity index (χ1) is 4.18. The summed E-state index contributed by atoms with van der Waals surface area (Å²) in [5.41, 5.74) is 0. The number of hydrogen-bond donors (Lipinski definition) is 0. The normalized spacial score (nSPS) is 17.3. The molecule has 9 heavy (non-hydrogen) atoms. The quantitative estimate of drug-likeness (QED) is 0.571. The van der Waals surface area contributed by atoms with Crippen LogP contribution in [0.25, 0.3) is 0 Å². The summed E-state index contributed by atoms with van der Waals surface area (Å²) in [6, 6.07) is 0. The van der Waals surface area contributed by atoms with Crippen LogP contribution in [-0.2, 0) is 4.74 Å². The molecule has 0 N–H and O–H groups in total. The van der Waals surface area contributed by atoms with Crippen LogP contribution in [-0.4, -0.2) is 25.6 Å². The second kappa shape index (κ2) is 4.68. The summed E-state index contributed by atoms with van der Waals surface area (Å²) in [5.74, 6) is 0. The van der Waals surface area contributed by atoms with Gasteiger partial charge in [0.15, 0.2) is 6.17 Å². The lowest BCUT2D eigenvalue weighted by Crippen LogP contribution is -2.19. The van der Waals surface area contributed by atoms with Crippen LogP contribution in [0, 0.1) is 6.92 Å². The zero-order chi connectivity index (χ0) is 7.28. The lowest BCUT2D eigenvalue weighted by atomic mass is 10.3. The molecule has 1 nitrogen and oxygen atoms in total. The van der Waals surface area contributed by atoms with Gasteiger partial charge in [0.25, 0.3) is 0 Å². The topological polar surface area (TPSA) is 9.23 Å². The van der Waals surface area contributed by atoms with Gasteiger partial charge in [-0.05, 0) is 13.8 Å². The van der Waals surface area contributed by atoms with E-state index in [1.807, 2.05) is 0 Å². The second-order valence-electron chi connectivity index (χ2n) is 1.77. The molecule has 0 aromatic carbocycles. The first-order valence-electron chi connectivity index (χ1n) is 2.83. The zero-order valence-corrected chi connectivity index (χ0v) is 5.44. The fraction of sp³-hybridized carbons (Fsp3) is 0.833. The van der Waals surface area contributed by atoms with Crippen molar-refractivity contribution in [1.82, 2.24) is 0 Å². The molecule has 2 unspecified atom stereocenters. The maximum atomic E-state index is 12.2. The lowest BCUT2D eigenvalue weighted by Gasteiger charge is -2.07. The molecule has 0 aromatic heterocycles. The van der Waals surface area contributed by atoms with Gasteiger partial charge in [0.2, 0.25) is 0 Å². The van der Waals surface area contributed by atoms with Crippen molar-refractivity contribution in [2.24, 2.45) is 0 Å². The Hall–Kier alpha value is -0.180. The van der Waals surface area contributed by atoms with Crippen molar-refractivity contribution in [3.63, 3.8) is 0 Å². The van der Waals surface area contributed by atoms with Gasteiger partial charge in [-0.15, -0.1) is 0 Å². The van der Waals surface area contributed by atoms with Crippen molar-refractivity contribution in [3.8, 4) is 0 Å². The van der Waals surface area contributed by atoms with Crippen molar-refractivity contribution in [2.75, 3.05) is 13.2 Å². The minimum absolute atomic E-state index is 0.188. The molecule has 0 heterocycles. The Bertz CT molecular complexity index is 66.1. The third kappa shape index (κ3) is 4.33. The molecular weight excluding hydrogens is 126 g/mol. The molecule has 2 atom stereocenters. The van der Waals surface area contributed by atoms with Crippen LogP contribution in [0.5, 0.6) is 0 Å². The third-order valence-electron chi connectivity index (χ3n) is 0.920. The van der Waals surface area contributed by atoms with Gasteiger partial charge in [0.1, 0.15) is 6.17 Å². The van der Waals surface area contributed by atoms with Crippen LogP contribution >= 0.6 is 0 Å². The highest BCUT2D eigenvalue weighted by Crippen LogP contribution is 2.02. The molecule has 55 valence electrons. The van der Waals surface area contributed by atoms with Gasteiger partial charge >= 0.3 is 0 Å². The molecule has 0 rings (SSSR count). The van der Waals surface area contributed by atoms with Gasteiger partial charge in [-0.2, -0.15) is 0 Å². The average Bonchev–Trinajstić information content (AvgIpc) is 1.82. The number of hydrogen-bond acceptors (Lipinski definition) is 1. The van der Waals surface area contributed by atoms with Gasteiger partial charge in [-0.3, -0.25) is 0 Å². The summed E-state index contributed by atoms with van der Waals surface area (Å²) in [7, 11) is 0. The second-order valence-corrected chi connectivity index (χ2v) is 1.77. The fourth-order valence-electron chi connectivity index (χ4n) is 0.329. The van der Waals surface area contributed by atoms with E-state index >= 15 is 0 Å². The van der Waals surface area contributed by atoms with Crippen LogP contribution in [0.4, 0.5) is 8.78 Å². The SMILES string of the molecule is [CH2]COCC(F)C(C)F. The van der Waals surface area contributed by atoms with Gasteiger partial charge in [0.05, 0.1) is 6.61 Å². The van der Waals surface area contributed by atoms with Gasteiger partial charge in [-0.1, -0.05) is 0 Å². The molecule has 0 bridgehead atoms. The van der Waals surface area contributed by atoms with E-state index in [-0.39, 0.29) is 13.2 Å². The standard InChI is InChI=1S/C6H11F2O/c1-3-9-4-6(8)5(2)7/h5-6H,1,3-4H2,2H3. The number of alkyl halides is 2. The first-order valence-corrected chi connectivity index (χ1v) is 2.83. The van der Waals surface area contributed by atoms with Crippen molar-refractivity contribution in [3.05, 3.63) is 6.92 Å². The van der Waals surface area contributed by atoms with Crippen LogP contribution in [0.15, 0.2) is 0 Å². The molecule has 0 fully saturated rings. The Morgan fingerprint density at radius 1 is 1.56 bits per heavy atom. The van der Waals surface area contributed by atoms with E-state index < -0.39 is 12.3 Å². The van der Waals surface area contributed by atoms with Crippen molar-refractivity contribution in [1.29, 1.82) is 0 Å². The van der Waals surface area contributed by atoms with Crippen LogP contribution in [0.1, 0.15) is 6.92 Å². The molecule has 0 aliphatic rings. The summed E-state index contributed by atoms with van der Waals surface area (Å²) >= 11 is 0. The third-order valence-corrected chi connectivity index (χ3v) is 0.920. The monoisotopic (exact) mass is 137 g/mol. The lowest BCUT2D eigenvalue weighted by molar-refractivity contribution is 0.0593. The van der Waals surface area contributed by atoms with E-state index in [0.29, 0.717) is 0 Å². The highest BCUT2D eigenvalue weighted by Gasteiger charge is 2.13. The van der Waals surface area contributed by atoms with E-state index in [0.717, 1.165) is 6.92 Å². The maximum Gasteiger partial charge on any atom is 0.154 e. The smallest absolute Gasteiger partial charge is 0.154 e. The van der Waals surface area contributed by atoms with E-state index in [1.165, 1.54) is 0 Å². The summed E-state index contributed by atoms with van der Waals surface area (Å²) in [6.45, 7) is 4.46. The summed E-state index contributed by atoms with van der Waals surface area (Å²) < 4.78 is 28.7. The molecule has 0 aliphatic heterocycles. The predicted octanol–water partition coefficient (Wildman–Crippen LogP) is 1.53. The van der Waals surface area contributed by atoms with E-state index in [4.69, 9.17) is 0 Å². The number of ether oxygens (including phenoxy) is 1. The fourth-order valence-corrected chi connectivity index (χ4v) is 0.329. The average molecular weight is 137 g/mol. The first kappa shape index (κ1) is 8.82. The van der Waals surface area contributed by atoms with E-state index in [9.17, 15) is 8.78 Å². The highest BCUT2D eigenvalue weighted by molar-refractivity contribution is 4.61. The molecule has 0 aromatic rings.